The van der Waals surface area contributed by atoms with E-state index in [9.17, 15) is 18.0 Å². The van der Waals surface area contributed by atoms with Crippen molar-refractivity contribution in [2.24, 2.45) is 5.73 Å². The molecule has 0 spiro atoms. The van der Waals surface area contributed by atoms with Gasteiger partial charge in [-0.3, -0.25) is 4.79 Å². The van der Waals surface area contributed by atoms with Crippen molar-refractivity contribution in [3.05, 3.63) is 35.9 Å². The Morgan fingerprint density at radius 3 is 2.35 bits per heavy atom. The first-order valence-electron chi connectivity index (χ1n) is 6.03. The number of hydrogen-bond donors (Lipinski definition) is 2. The second kappa shape index (κ2) is 8.81. The van der Waals surface area contributed by atoms with Crippen LogP contribution in [0.5, 0.6) is 0 Å². The summed E-state index contributed by atoms with van der Waals surface area (Å²) in [6, 6.07) is 6.40. The van der Waals surface area contributed by atoms with E-state index in [1.165, 1.54) is 0 Å². The van der Waals surface area contributed by atoms with E-state index in [1.807, 2.05) is 5.32 Å². The van der Waals surface area contributed by atoms with Crippen LogP contribution in [-0.4, -0.2) is 24.7 Å². The zero-order valence-electron chi connectivity index (χ0n) is 10.8. The first-order chi connectivity index (χ1) is 8.93. The third-order valence-electron chi connectivity index (χ3n) is 2.62. The molecule has 0 heterocycles. The molecule has 0 saturated carbocycles. The molecule has 0 radical (unpaired) electrons. The Morgan fingerprint density at radius 2 is 1.85 bits per heavy atom. The SMILES string of the molecule is Cl.NCCCC(=O)NC(Cc1ccccc1)C(F)(F)F. The summed E-state index contributed by atoms with van der Waals surface area (Å²) in [6.07, 6.45) is -4.34. The molecule has 1 aromatic carbocycles. The number of nitrogens with one attached hydrogen (secondary N) is 1. The Labute approximate surface area is 122 Å². The molecule has 3 N–H and O–H groups in total. The molecule has 1 aromatic rings. The molecule has 114 valence electrons. The van der Waals surface area contributed by atoms with E-state index in [2.05, 4.69) is 0 Å². The number of benzene rings is 1. The van der Waals surface area contributed by atoms with Gasteiger partial charge in [-0.05, 0) is 18.5 Å². The molecule has 1 rings (SSSR count). The summed E-state index contributed by atoms with van der Waals surface area (Å²) in [4.78, 5) is 11.4. The van der Waals surface area contributed by atoms with Crippen molar-refractivity contribution < 1.29 is 18.0 Å². The van der Waals surface area contributed by atoms with Crippen molar-refractivity contribution in [3.63, 3.8) is 0 Å². The van der Waals surface area contributed by atoms with Crippen molar-refractivity contribution in [2.45, 2.75) is 31.5 Å². The van der Waals surface area contributed by atoms with Gasteiger partial charge in [-0.15, -0.1) is 12.4 Å². The Kier molecular flexibility index (Phi) is 8.25. The number of carbonyl (C=O) groups excluding carboxylic acids is 1. The maximum absolute atomic E-state index is 12.8. The van der Waals surface area contributed by atoms with Gasteiger partial charge in [-0.2, -0.15) is 13.2 Å². The Hall–Kier alpha value is -1.27. The summed E-state index contributed by atoms with van der Waals surface area (Å²) >= 11 is 0. The van der Waals surface area contributed by atoms with E-state index >= 15 is 0 Å². The predicted octanol–water partition coefficient (Wildman–Crippen LogP) is 2.44. The predicted molar refractivity (Wildman–Crippen MR) is 73.7 cm³/mol. The first-order valence-corrected chi connectivity index (χ1v) is 6.03. The third-order valence-corrected chi connectivity index (χ3v) is 2.62. The lowest BCUT2D eigenvalue weighted by Gasteiger charge is -2.21. The molecule has 0 bridgehead atoms. The van der Waals surface area contributed by atoms with E-state index < -0.39 is 18.1 Å². The van der Waals surface area contributed by atoms with Gasteiger partial charge in [0, 0.05) is 12.8 Å². The van der Waals surface area contributed by atoms with Crippen molar-refractivity contribution in [2.75, 3.05) is 6.54 Å². The van der Waals surface area contributed by atoms with Crippen LogP contribution in [-0.2, 0) is 11.2 Å². The second-order valence-corrected chi connectivity index (χ2v) is 4.24. The highest BCUT2D eigenvalue weighted by Crippen LogP contribution is 2.23. The maximum Gasteiger partial charge on any atom is 0.408 e. The van der Waals surface area contributed by atoms with Crippen molar-refractivity contribution in [1.82, 2.24) is 5.32 Å². The summed E-state index contributed by atoms with van der Waals surface area (Å²) in [5.74, 6) is -0.622. The van der Waals surface area contributed by atoms with Crippen LogP contribution in [0.15, 0.2) is 30.3 Å². The molecule has 1 unspecified atom stereocenters. The van der Waals surface area contributed by atoms with Crippen LogP contribution in [0.25, 0.3) is 0 Å². The van der Waals surface area contributed by atoms with Gasteiger partial charge in [0.15, 0.2) is 0 Å². The van der Waals surface area contributed by atoms with Gasteiger partial charge in [0.1, 0.15) is 6.04 Å². The van der Waals surface area contributed by atoms with Crippen LogP contribution in [0.2, 0.25) is 0 Å². The highest BCUT2D eigenvalue weighted by molar-refractivity contribution is 5.85. The van der Waals surface area contributed by atoms with Gasteiger partial charge in [0.05, 0.1) is 0 Å². The number of rotatable bonds is 6. The molecule has 0 aliphatic heterocycles. The van der Waals surface area contributed by atoms with Crippen molar-refractivity contribution in [1.29, 1.82) is 0 Å². The minimum atomic E-state index is -4.46. The minimum Gasteiger partial charge on any atom is -0.344 e. The molecule has 0 aliphatic rings. The number of nitrogens with two attached hydrogens (primary N) is 1. The topological polar surface area (TPSA) is 55.1 Å². The van der Waals surface area contributed by atoms with Gasteiger partial charge >= 0.3 is 6.18 Å². The second-order valence-electron chi connectivity index (χ2n) is 4.24. The number of carbonyl (C=O) groups is 1. The molecular formula is C13H18ClF3N2O. The fourth-order valence-electron chi connectivity index (χ4n) is 1.63. The van der Waals surface area contributed by atoms with E-state index in [4.69, 9.17) is 5.73 Å². The quantitative estimate of drug-likeness (QED) is 0.848. The maximum atomic E-state index is 12.8. The van der Waals surface area contributed by atoms with Crippen LogP contribution in [0.3, 0.4) is 0 Å². The Balaban J connectivity index is 0.00000361. The monoisotopic (exact) mass is 310 g/mol. The molecule has 1 amide bonds. The number of halogens is 4. The molecule has 0 fully saturated rings. The fourth-order valence-corrected chi connectivity index (χ4v) is 1.63. The largest absolute Gasteiger partial charge is 0.408 e. The van der Waals surface area contributed by atoms with E-state index in [0.29, 0.717) is 12.0 Å². The average Bonchev–Trinajstić information content (AvgIpc) is 2.36. The van der Waals surface area contributed by atoms with Gasteiger partial charge in [0.2, 0.25) is 5.91 Å². The van der Waals surface area contributed by atoms with Crippen LogP contribution in [0, 0.1) is 0 Å². The van der Waals surface area contributed by atoms with Crippen molar-refractivity contribution >= 4 is 18.3 Å². The summed E-state index contributed by atoms with van der Waals surface area (Å²) in [5.41, 5.74) is 5.75. The lowest BCUT2D eigenvalue weighted by Crippen LogP contribution is -2.46. The third kappa shape index (κ3) is 6.77. The Bertz CT molecular complexity index is 398. The van der Waals surface area contributed by atoms with E-state index in [0.717, 1.165) is 0 Å². The Morgan fingerprint density at radius 1 is 1.25 bits per heavy atom. The summed E-state index contributed by atoms with van der Waals surface area (Å²) in [5, 5.41) is 2.02. The van der Waals surface area contributed by atoms with Crippen LogP contribution >= 0.6 is 12.4 Å². The molecule has 7 heteroatoms. The van der Waals surface area contributed by atoms with Crippen LogP contribution < -0.4 is 11.1 Å². The number of alkyl halides is 3. The van der Waals surface area contributed by atoms with Crippen molar-refractivity contribution in [3.8, 4) is 0 Å². The highest BCUT2D eigenvalue weighted by Gasteiger charge is 2.40. The molecule has 0 aromatic heterocycles. The normalized spacial score (nSPS) is 12.4. The molecule has 1 atom stereocenters. The molecule has 20 heavy (non-hydrogen) atoms. The van der Waals surface area contributed by atoms with Crippen LogP contribution in [0.1, 0.15) is 18.4 Å². The lowest BCUT2D eigenvalue weighted by molar-refractivity contribution is -0.161. The summed E-state index contributed by atoms with van der Waals surface area (Å²) in [7, 11) is 0. The average molecular weight is 311 g/mol. The summed E-state index contributed by atoms with van der Waals surface area (Å²) < 4.78 is 38.5. The zero-order valence-corrected chi connectivity index (χ0v) is 11.6. The minimum absolute atomic E-state index is 0. The van der Waals surface area contributed by atoms with Gasteiger partial charge in [-0.25, -0.2) is 0 Å². The van der Waals surface area contributed by atoms with Gasteiger partial charge in [0.25, 0.3) is 0 Å². The van der Waals surface area contributed by atoms with Gasteiger partial charge < -0.3 is 11.1 Å². The van der Waals surface area contributed by atoms with Gasteiger partial charge in [-0.1, -0.05) is 30.3 Å². The molecule has 0 saturated heterocycles. The van der Waals surface area contributed by atoms with E-state index in [1.54, 1.807) is 30.3 Å². The fraction of sp³-hybridized carbons (Fsp3) is 0.462. The standard InChI is InChI=1S/C13H17F3N2O.ClH/c14-13(15,16)11(18-12(19)7-4-8-17)9-10-5-2-1-3-6-10;/h1-3,5-6,11H,4,7-9,17H2,(H,18,19);1H. The number of amides is 1. The molecule has 3 nitrogen and oxygen atoms in total. The lowest BCUT2D eigenvalue weighted by atomic mass is 10.1. The molecule has 0 aliphatic carbocycles. The number of hydrogen-bond acceptors (Lipinski definition) is 2. The van der Waals surface area contributed by atoms with E-state index in [-0.39, 0.29) is 31.8 Å². The first kappa shape index (κ1) is 18.7. The zero-order chi connectivity index (χ0) is 14.3. The smallest absolute Gasteiger partial charge is 0.344 e. The van der Waals surface area contributed by atoms with Crippen LogP contribution in [0.4, 0.5) is 13.2 Å². The summed E-state index contributed by atoms with van der Waals surface area (Å²) in [6.45, 7) is 0.281. The highest BCUT2D eigenvalue weighted by atomic mass is 35.5. The molecular weight excluding hydrogens is 293 g/mol.